The molecule has 0 aliphatic carbocycles. The van der Waals surface area contributed by atoms with Crippen molar-refractivity contribution < 1.29 is 23.9 Å². The van der Waals surface area contributed by atoms with E-state index in [2.05, 4.69) is 5.32 Å². The first-order valence-electron chi connectivity index (χ1n) is 8.29. The van der Waals surface area contributed by atoms with E-state index < -0.39 is 35.1 Å². The van der Waals surface area contributed by atoms with Crippen LogP contribution in [-0.2, 0) is 24.7 Å². The average Bonchev–Trinajstić information content (AvgIpc) is 3.18. The van der Waals surface area contributed by atoms with Crippen molar-refractivity contribution in [3.05, 3.63) is 27.7 Å². The molecule has 0 unspecified atom stereocenters. The first-order valence-corrected chi connectivity index (χ1v) is 9.46. The number of fused-ring (bicyclic) bond motifs is 2. The fourth-order valence-corrected chi connectivity index (χ4v) is 4.69. The van der Waals surface area contributed by atoms with Gasteiger partial charge in [0.25, 0.3) is 17.0 Å². The third kappa shape index (κ3) is 2.29. The number of imide groups is 1. The Balaban J connectivity index is 1.91. The van der Waals surface area contributed by atoms with Crippen molar-refractivity contribution in [1.29, 1.82) is 0 Å². The molecule has 1 aromatic rings. The second kappa shape index (κ2) is 5.95. The summed E-state index contributed by atoms with van der Waals surface area (Å²) in [5.41, 5.74) is -2.23. The van der Waals surface area contributed by atoms with Crippen LogP contribution in [0.4, 0.5) is 10.5 Å². The number of benzene rings is 1. The molecule has 2 atom stereocenters. The highest BCUT2D eigenvalue weighted by Crippen LogP contribution is 2.52. The number of hydrogen-bond donors (Lipinski definition) is 1. The van der Waals surface area contributed by atoms with Crippen LogP contribution < -0.4 is 10.2 Å². The smallest absolute Gasteiger partial charge is 0.417 e. The molecule has 0 radical (unpaired) electrons. The Morgan fingerprint density at radius 3 is 2.54 bits per heavy atom. The van der Waals surface area contributed by atoms with Crippen molar-refractivity contribution in [3.63, 3.8) is 0 Å². The van der Waals surface area contributed by atoms with Crippen molar-refractivity contribution in [1.82, 2.24) is 10.2 Å². The SMILES string of the molecule is CN1C(=O)[C@]2(OC(=S)N[C@H]2C(=O)N2C(=O)OCC2(C)C)c2c(Cl)ccc(Cl)c21. The Morgan fingerprint density at radius 1 is 1.29 bits per heavy atom. The van der Waals surface area contributed by atoms with Crippen molar-refractivity contribution >= 4 is 64.2 Å². The summed E-state index contributed by atoms with van der Waals surface area (Å²) >= 11 is 17.8. The molecule has 8 nitrogen and oxygen atoms in total. The van der Waals surface area contributed by atoms with E-state index in [1.807, 2.05) is 0 Å². The second-order valence-electron chi connectivity index (χ2n) is 7.36. The second-order valence-corrected chi connectivity index (χ2v) is 8.55. The highest BCUT2D eigenvalue weighted by Gasteiger charge is 2.67. The van der Waals surface area contributed by atoms with Gasteiger partial charge in [-0.1, -0.05) is 23.2 Å². The number of rotatable bonds is 1. The lowest BCUT2D eigenvalue weighted by atomic mass is 9.86. The fourth-order valence-electron chi connectivity index (χ4n) is 3.86. The molecule has 2 fully saturated rings. The van der Waals surface area contributed by atoms with Gasteiger partial charge in [-0.25, -0.2) is 9.69 Å². The summed E-state index contributed by atoms with van der Waals surface area (Å²) in [7, 11) is 1.50. The zero-order valence-electron chi connectivity index (χ0n) is 15.0. The van der Waals surface area contributed by atoms with Crippen LogP contribution in [0.3, 0.4) is 0 Å². The van der Waals surface area contributed by atoms with Gasteiger partial charge in [0.1, 0.15) is 6.61 Å². The minimum atomic E-state index is -1.88. The zero-order valence-corrected chi connectivity index (χ0v) is 17.4. The minimum Gasteiger partial charge on any atom is -0.447 e. The summed E-state index contributed by atoms with van der Waals surface area (Å²) in [5.74, 6) is -1.29. The Labute approximate surface area is 175 Å². The molecule has 4 rings (SSSR count). The summed E-state index contributed by atoms with van der Waals surface area (Å²) < 4.78 is 10.8. The maximum absolute atomic E-state index is 13.4. The van der Waals surface area contributed by atoms with Crippen LogP contribution in [0.5, 0.6) is 0 Å². The number of carbonyl (C=O) groups excluding carboxylic acids is 3. The largest absolute Gasteiger partial charge is 0.447 e. The lowest BCUT2D eigenvalue weighted by Gasteiger charge is -2.32. The molecule has 148 valence electrons. The maximum Gasteiger partial charge on any atom is 0.417 e. The van der Waals surface area contributed by atoms with E-state index in [-0.39, 0.29) is 27.4 Å². The van der Waals surface area contributed by atoms with Gasteiger partial charge in [-0.2, -0.15) is 0 Å². The number of thiocarbonyl (C=S) groups is 1. The highest BCUT2D eigenvalue weighted by atomic mass is 35.5. The van der Waals surface area contributed by atoms with E-state index in [0.717, 1.165) is 4.90 Å². The normalized spacial score (nSPS) is 27.8. The molecule has 0 saturated carbocycles. The molecule has 1 spiro atoms. The number of amides is 3. The first-order chi connectivity index (χ1) is 13.0. The molecule has 28 heavy (non-hydrogen) atoms. The standard InChI is InChI=1S/C17H15Cl2N3O5S/c1-16(2)6-26-15(25)22(16)12(23)11-17(27-14(28)20-11)9-7(18)4-5-8(19)10(9)21(3)13(17)24/h4-5,11H,6H2,1-3H3,(H,20,28)/t11-,17-/m0/s1. The molecule has 3 heterocycles. The van der Waals surface area contributed by atoms with Gasteiger partial charge in [0.2, 0.25) is 5.60 Å². The lowest BCUT2D eigenvalue weighted by molar-refractivity contribution is -0.145. The topological polar surface area (TPSA) is 88.2 Å². The Morgan fingerprint density at radius 2 is 1.93 bits per heavy atom. The number of nitrogens with one attached hydrogen (secondary N) is 1. The number of likely N-dealkylation sites (N-methyl/N-ethyl adjacent to an activating group) is 1. The van der Waals surface area contributed by atoms with E-state index in [0.29, 0.717) is 5.69 Å². The molecular weight excluding hydrogens is 429 g/mol. The molecule has 3 aliphatic heterocycles. The number of anilines is 1. The van der Waals surface area contributed by atoms with E-state index in [9.17, 15) is 14.4 Å². The Bertz CT molecular complexity index is 968. The highest BCUT2D eigenvalue weighted by molar-refractivity contribution is 7.80. The van der Waals surface area contributed by atoms with Gasteiger partial charge >= 0.3 is 6.09 Å². The van der Waals surface area contributed by atoms with E-state index in [1.54, 1.807) is 19.9 Å². The van der Waals surface area contributed by atoms with Crippen LogP contribution in [0.1, 0.15) is 19.4 Å². The van der Waals surface area contributed by atoms with Gasteiger partial charge in [-0.05, 0) is 38.2 Å². The number of halogens is 2. The number of hydrogen-bond acceptors (Lipinski definition) is 6. The van der Waals surface area contributed by atoms with E-state index >= 15 is 0 Å². The summed E-state index contributed by atoms with van der Waals surface area (Å²) in [6, 6.07) is 1.73. The number of cyclic esters (lactones) is 1. The summed E-state index contributed by atoms with van der Waals surface area (Å²) in [5, 5.41) is 3.01. The Hall–Kier alpha value is -2.10. The van der Waals surface area contributed by atoms with E-state index in [1.165, 1.54) is 18.0 Å². The van der Waals surface area contributed by atoms with Crippen LogP contribution in [0.2, 0.25) is 10.0 Å². The van der Waals surface area contributed by atoms with Crippen molar-refractivity contribution in [2.45, 2.75) is 31.0 Å². The van der Waals surface area contributed by atoms with Crippen molar-refractivity contribution in [2.24, 2.45) is 0 Å². The van der Waals surface area contributed by atoms with Gasteiger partial charge in [0.05, 0.1) is 26.8 Å². The van der Waals surface area contributed by atoms with Gasteiger partial charge < -0.3 is 19.7 Å². The molecule has 1 aromatic carbocycles. The number of ether oxygens (including phenoxy) is 2. The molecule has 3 aliphatic rings. The van der Waals surface area contributed by atoms with Crippen LogP contribution >= 0.6 is 35.4 Å². The predicted molar refractivity (Wildman–Crippen MR) is 104 cm³/mol. The maximum atomic E-state index is 13.4. The summed E-state index contributed by atoms with van der Waals surface area (Å²) in [6.45, 7) is 3.38. The molecular formula is C17H15Cl2N3O5S. The molecule has 1 N–H and O–H groups in total. The molecule has 3 amide bonds. The number of nitrogens with zero attached hydrogens (tertiary/aromatic N) is 2. The average molecular weight is 444 g/mol. The van der Waals surface area contributed by atoms with Gasteiger partial charge in [-0.3, -0.25) is 9.59 Å². The van der Waals surface area contributed by atoms with Crippen LogP contribution in [0, 0.1) is 0 Å². The monoisotopic (exact) mass is 443 g/mol. The zero-order chi connectivity index (χ0) is 20.6. The van der Waals surface area contributed by atoms with Crippen LogP contribution in [0.15, 0.2) is 12.1 Å². The quantitative estimate of drug-likeness (QED) is 0.665. The summed E-state index contributed by atoms with van der Waals surface area (Å²) in [4.78, 5) is 41.2. The number of carbonyl (C=O) groups is 3. The van der Waals surface area contributed by atoms with Gasteiger partial charge in [-0.15, -0.1) is 0 Å². The van der Waals surface area contributed by atoms with Crippen LogP contribution in [-0.4, -0.2) is 53.2 Å². The van der Waals surface area contributed by atoms with Gasteiger partial charge in [0, 0.05) is 7.05 Å². The third-order valence-corrected chi connectivity index (χ3v) is 5.95. The molecule has 11 heteroatoms. The van der Waals surface area contributed by atoms with Crippen molar-refractivity contribution in [3.8, 4) is 0 Å². The van der Waals surface area contributed by atoms with Crippen molar-refractivity contribution in [2.75, 3.05) is 18.6 Å². The first kappa shape index (κ1) is 19.2. The molecule has 0 bridgehead atoms. The van der Waals surface area contributed by atoms with Gasteiger partial charge in [0.15, 0.2) is 6.04 Å². The minimum absolute atomic E-state index is 0.0274. The lowest BCUT2D eigenvalue weighted by Crippen LogP contribution is -2.60. The Kier molecular flexibility index (Phi) is 4.08. The molecule has 2 saturated heterocycles. The third-order valence-electron chi connectivity index (χ3n) is 5.13. The summed E-state index contributed by atoms with van der Waals surface area (Å²) in [6.07, 6.45) is -0.805. The predicted octanol–water partition coefficient (Wildman–Crippen LogP) is 2.20. The van der Waals surface area contributed by atoms with Crippen LogP contribution in [0.25, 0.3) is 0 Å². The molecule has 0 aromatic heterocycles. The van der Waals surface area contributed by atoms with E-state index in [4.69, 9.17) is 44.9 Å². The fraction of sp³-hybridized carbons (Fsp3) is 0.412.